The van der Waals surface area contributed by atoms with Gasteiger partial charge in [-0.25, -0.2) is 0 Å². The maximum Gasteiger partial charge on any atom is 0.0449 e. The molecule has 3 nitrogen and oxygen atoms in total. The maximum atomic E-state index is 5.10. The first-order valence-corrected chi connectivity index (χ1v) is 1.62. The van der Waals surface area contributed by atoms with E-state index >= 15 is 0 Å². The molecule has 0 radical (unpaired) electrons. The van der Waals surface area contributed by atoms with Gasteiger partial charge in [0.05, 0.1) is 0 Å². The van der Waals surface area contributed by atoms with E-state index in [0.717, 1.165) is 0 Å². The third kappa shape index (κ3) is 22.8. The Morgan fingerprint density at radius 1 is 1.43 bits per heavy atom. The quantitative estimate of drug-likeness (QED) is 0.490. The van der Waals surface area contributed by atoms with Crippen LogP contribution in [-0.4, -0.2) is 25.7 Å². The third-order valence-electron chi connectivity index (χ3n) is 0.365. The molecule has 0 atom stereocenters. The van der Waals surface area contributed by atoms with Crippen LogP contribution in [0.25, 0.3) is 0 Å². The van der Waals surface area contributed by atoms with Crippen LogP contribution >= 0.6 is 12.4 Å². The van der Waals surface area contributed by atoms with E-state index in [1.54, 1.807) is 0 Å². The van der Waals surface area contributed by atoms with E-state index in [2.05, 4.69) is 0 Å². The highest BCUT2D eigenvalue weighted by molar-refractivity contribution is 5.85. The molecule has 0 saturated carbocycles. The fourth-order valence-electron chi connectivity index (χ4n) is 0. The highest BCUT2D eigenvalue weighted by atomic mass is 35.5. The van der Waals surface area contributed by atoms with E-state index in [1.807, 2.05) is 19.0 Å². The average molecular weight is 128 g/mol. The molecule has 0 rings (SSSR count). The molecule has 0 aliphatic heterocycles. The monoisotopic (exact) mass is 127 g/mol. The van der Waals surface area contributed by atoms with Gasteiger partial charge in [-0.2, -0.15) is 0 Å². The number of rotatable bonds is 1. The third-order valence-corrected chi connectivity index (χ3v) is 0.365. The summed E-state index contributed by atoms with van der Waals surface area (Å²) in [5.41, 5.74) is 5.10. The largest absolute Gasteiger partial charge is 0.344 e. The zero-order valence-corrected chi connectivity index (χ0v) is 5.66. The lowest BCUT2D eigenvalue weighted by molar-refractivity contribution is 0.423. The summed E-state index contributed by atoms with van der Waals surface area (Å²) in [7, 11) is 3.86. The van der Waals surface area contributed by atoms with Crippen molar-refractivity contribution in [1.29, 1.82) is 0 Å². The predicted octanol–water partition coefficient (Wildman–Crippen LogP) is 0.0480. The fourth-order valence-corrected chi connectivity index (χ4v) is 0. The molecule has 0 amide bonds. The summed E-state index contributed by atoms with van der Waals surface area (Å²) >= 11 is 0. The van der Waals surface area contributed by atoms with Crippen LogP contribution in [0.15, 0.2) is 0 Å². The number of hydrogen-bond acceptors (Lipinski definition) is 3. The highest BCUT2D eigenvalue weighted by Gasteiger charge is 1.71. The molecule has 0 heterocycles. The topological polar surface area (TPSA) is 64.3 Å². The van der Waals surface area contributed by atoms with Crippen molar-refractivity contribution in [2.24, 2.45) is 5.73 Å². The Balaban J connectivity index is -0.0000000800. The van der Waals surface area contributed by atoms with Gasteiger partial charge in [0.25, 0.3) is 0 Å². The van der Waals surface area contributed by atoms with Gasteiger partial charge in [-0.3, -0.25) is 4.90 Å². The summed E-state index contributed by atoms with van der Waals surface area (Å²) in [6, 6.07) is 0. The van der Waals surface area contributed by atoms with Crippen LogP contribution in [0.2, 0.25) is 0 Å². The average Bonchev–Trinajstić information content (AvgIpc) is 1.38. The Labute approximate surface area is 50.9 Å². The van der Waals surface area contributed by atoms with Crippen molar-refractivity contribution in [1.82, 2.24) is 11.1 Å². The summed E-state index contributed by atoms with van der Waals surface area (Å²) in [6.45, 7) is 0.639. The zero-order valence-electron chi connectivity index (χ0n) is 4.85. The maximum absolute atomic E-state index is 5.10. The number of nitrogens with two attached hydrogens (primary N) is 1. The summed E-state index contributed by atoms with van der Waals surface area (Å²) < 4.78 is 0. The van der Waals surface area contributed by atoms with Crippen molar-refractivity contribution in [2.75, 3.05) is 20.8 Å². The molecule has 0 aliphatic rings. The van der Waals surface area contributed by atoms with E-state index in [-0.39, 0.29) is 18.6 Å². The molecule has 4 heteroatoms. The molecular weight excluding hydrogens is 114 g/mol. The van der Waals surface area contributed by atoms with E-state index in [4.69, 9.17) is 5.73 Å². The minimum atomic E-state index is 0. The van der Waals surface area contributed by atoms with Crippen LogP contribution in [0.5, 0.6) is 0 Å². The van der Waals surface area contributed by atoms with Crippen LogP contribution in [-0.2, 0) is 0 Å². The Bertz CT molecular complexity index is 24.1. The summed E-state index contributed by atoms with van der Waals surface area (Å²) in [4.78, 5) is 1.90. The van der Waals surface area contributed by atoms with Crippen molar-refractivity contribution in [3.05, 3.63) is 0 Å². The zero-order chi connectivity index (χ0) is 4.28. The molecule has 0 bridgehead atoms. The summed E-state index contributed by atoms with van der Waals surface area (Å²) in [6.07, 6.45) is 0. The molecule has 0 aromatic heterocycles. The number of halogens is 1. The van der Waals surface area contributed by atoms with E-state index < -0.39 is 0 Å². The lowest BCUT2D eigenvalue weighted by Gasteiger charge is -2.00. The Hall–Kier alpha value is 0.170. The van der Waals surface area contributed by atoms with Gasteiger partial charge >= 0.3 is 0 Å². The molecule has 0 aromatic carbocycles. The van der Waals surface area contributed by atoms with Gasteiger partial charge in [0.2, 0.25) is 0 Å². The normalized spacial score (nSPS) is 6.86. The molecule has 0 fully saturated rings. The van der Waals surface area contributed by atoms with Gasteiger partial charge in [-0.1, -0.05) is 0 Å². The highest BCUT2D eigenvalue weighted by Crippen LogP contribution is 1.55. The molecule has 0 aromatic rings. The number of hydrogen-bond donors (Lipinski definition) is 2. The first-order valence-electron chi connectivity index (χ1n) is 1.62. The minimum absolute atomic E-state index is 0. The van der Waals surface area contributed by atoms with E-state index in [0.29, 0.717) is 6.67 Å². The minimum Gasteiger partial charge on any atom is -0.344 e. The van der Waals surface area contributed by atoms with Crippen molar-refractivity contribution in [3.8, 4) is 0 Å². The molecule has 48 valence electrons. The Morgan fingerprint density at radius 2 is 1.57 bits per heavy atom. The molecule has 0 saturated heterocycles. The first-order chi connectivity index (χ1) is 2.27. The molecule has 0 unspecified atom stereocenters. The second-order valence-corrected chi connectivity index (χ2v) is 1.26. The smallest absolute Gasteiger partial charge is 0.0449 e. The lowest BCUT2D eigenvalue weighted by Crippen LogP contribution is -2.20. The van der Waals surface area contributed by atoms with E-state index in [9.17, 15) is 0 Å². The molecule has 0 aliphatic carbocycles. The van der Waals surface area contributed by atoms with Crippen molar-refractivity contribution < 1.29 is 0 Å². The number of nitrogens with zero attached hydrogens (tertiary/aromatic N) is 1. The van der Waals surface area contributed by atoms with Gasteiger partial charge in [-0.05, 0) is 14.1 Å². The van der Waals surface area contributed by atoms with Crippen molar-refractivity contribution in [2.45, 2.75) is 0 Å². The van der Waals surface area contributed by atoms with Gasteiger partial charge < -0.3 is 11.9 Å². The lowest BCUT2D eigenvalue weighted by atomic mass is 10.9. The SMILES string of the molecule is CN(C)CN.Cl.N. The van der Waals surface area contributed by atoms with Gasteiger partial charge in [0, 0.05) is 6.67 Å². The van der Waals surface area contributed by atoms with Gasteiger partial charge in [-0.15, -0.1) is 12.4 Å². The Kier molecular flexibility index (Phi) is 21.3. The second-order valence-electron chi connectivity index (χ2n) is 1.26. The van der Waals surface area contributed by atoms with Crippen LogP contribution in [0.1, 0.15) is 0 Å². The Morgan fingerprint density at radius 3 is 1.57 bits per heavy atom. The van der Waals surface area contributed by atoms with E-state index in [1.165, 1.54) is 0 Å². The van der Waals surface area contributed by atoms with Gasteiger partial charge in [0.1, 0.15) is 0 Å². The van der Waals surface area contributed by atoms with Crippen molar-refractivity contribution in [3.63, 3.8) is 0 Å². The molecule has 0 spiro atoms. The standard InChI is InChI=1S/C3H10N2.ClH.H3N/c1-5(2)3-4;;/h3-4H2,1-2H3;1H;1H3. The molecule has 5 N–H and O–H groups in total. The van der Waals surface area contributed by atoms with Gasteiger partial charge in [0.15, 0.2) is 0 Å². The summed E-state index contributed by atoms with van der Waals surface area (Å²) in [5.74, 6) is 0. The van der Waals surface area contributed by atoms with Crippen molar-refractivity contribution >= 4 is 12.4 Å². The predicted molar refractivity (Wildman–Crippen MR) is 35.0 cm³/mol. The van der Waals surface area contributed by atoms with Crippen LogP contribution < -0.4 is 11.9 Å². The van der Waals surface area contributed by atoms with Crippen LogP contribution in [0.3, 0.4) is 0 Å². The fraction of sp³-hybridized carbons (Fsp3) is 1.00. The molecule has 7 heavy (non-hydrogen) atoms. The van der Waals surface area contributed by atoms with Crippen LogP contribution in [0.4, 0.5) is 0 Å². The second kappa shape index (κ2) is 9.48. The summed E-state index contributed by atoms with van der Waals surface area (Å²) in [5, 5.41) is 0. The van der Waals surface area contributed by atoms with Crippen LogP contribution in [0, 0.1) is 0 Å². The first kappa shape index (κ1) is 15.7. The molecular formula is C3H14ClN3.